The van der Waals surface area contributed by atoms with Gasteiger partial charge in [-0.25, -0.2) is 0 Å². The van der Waals surface area contributed by atoms with Crippen LogP contribution in [-0.4, -0.2) is 12.1 Å². The zero-order valence-corrected chi connectivity index (χ0v) is 9.22. The molecule has 0 saturated carbocycles. The van der Waals surface area contributed by atoms with Gasteiger partial charge in [-0.15, -0.1) is 0 Å². The van der Waals surface area contributed by atoms with Crippen molar-refractivity contribution < 1.29 is 9.47 Å². The molecule has 0 unspecified atom stereocenters. The molecule has 0 aliphatic heterocycles. The summed E-state index contributed by atoms with van der Waals surface area (Å²) in [7, 11) is 0. The van der Waals surface area contributed by atoms with Gasteiger partial charge in [-0.3, -0.25) is 0 Å². The summed E-state index contributed by atoms with van der Waals surface area (Å²) in [5, 5.41) is 0. The zero-order valence-electron chi connectivity index (χ0n) is 7.71. The van der Waals surface area contributed by atoms with E-state index < -0.39 is 0 Å². The molecule has 0 fully saturated rings. The predicted molar refractivity (Wildman–Crippen MR) is 57.5 cm³/mol. The average Bonchev–Trinajstić information content (AvgIpc) is 2.24. The van der Waals surface area contributed by atoms with Crippen molar-refractivity contribution in [2.24, 2.45) is 0 Å². The fraction of sp³-hybridized carbons (Fsp3) is 0.400. The molecule has 1 rings (SSSR count). The van der Waals surface area contributed by atoms with E-state index in [-0.39, 0.29) is 12.1 Å². The molecular weight excluding hydrogens is 223 g/mol. The van der Waals surface area contributed by atoms with Gasteiger partial charge in [0.2, 0.25) is 0 Å². The van der Waals surface area contributed by atoms with Gasteiger partial charge in [0.1, 0.15) is 12.1 Å². The lowest BCUT2D eigenvalue weighted by atomic mass is 10.1. The molecule has 0 atom stereocenters. The van der Waals surface area contributed by atoms with E-state index in [1.165, 1.54) is 0 Å². The molecule has 0 spiro atoms. The molecule has 14 heavy (non-hydrogen) atoms. The maximum absolute atomic E-state index is 5.43. The van der Waals surface area contributed by atoms with Crippen molar-refractivity contribution in [1.29, 1.82) is 0 Å². The Morgan fingerprint density at radius 2 is 1.29 bits per heavy atom. The highest BCUT2D eigenvalue weighted by atomic mass is 35.5. The van der Waals surface area contributed by atoms with Gasteiger partial charge in [-0.2, -0.15) is 0 Å². The van der Waals surface area contributed by atoms with Crippen LogP contribution in [0, 0.1) is 0 Å². The fourth-order valence-electron chi connectivity index (χ4n) is 1.14. The summed E-state index contributed by atoms with van der Waals surface area (Å²) in [4.78, 5) is 0. The summed E-state index contributed by atoms with van der Waals surface area (Å²) in [5.41, 5.74) is 2.16. The van der Waals surface area contributed by atoms with E-state index in [1.807, 2.05) is 24.3 Å². The molecule has 0 amide bonds. The molecule has 0 saturated heterocycles. The normalized spacial score (nSPS) is 10.4. The number of halogens is 2. The molecule has 78 valence electrons. The molecule has 0 bridgehead atoms. The van der Waals surface area contributed by atoms with E-state index in [2.05, 4.69) is 0 Å². The van der Waals surface area contributed by atoms with Gasteiger partial charge in [0, 0.05) is 0 Å². The van der Waals surface area contributed by atoms with Crippen molar-refractivity contribution in [2.45, 2.75) is 13.2 Å². The van der Waals surface area contributed by atoms with Crippen molar-refractivity contribution in [3.63, 3.8) is 0 Å². The standard InChI is InChI=1S/C10H12Cl2O2/c11-7-13-5-9-3-1-2-4-10(9)6-14-8-12/h1-4H,5-8H2. The third kappa shape index (κ3) is 3.84. The van der Waals surface area contributed by atoms with Crippen LogP contribution in [0.3, 0.4) is 0 Å². The number of ether oxygens (including phenoxy) is 2. The van der Waals surface area contributed by atoms with Crippen molar-refractivity contribution in [1.82, 2.24) is 0 Å². The lowest BCUT2D eigenvalue weighted by Crippen LogP contribution is -1.99. The van der Waals surface area contributed by atoms with Crippen LogP contribution < -0.4 is 0 Å². The summed E-state index contributed by atoms with van der Waals surface area (Å²) >= 11 is 10.9. The average molecular weight is 235 g/mol. The van der Waals surface area contributed by atoms with Gasteiger partial charge >= 0.3 is 0 Å². The third-order valence-electron chi connectivity index (χ3n) is 1.79. The summed E-state index contributed by atoms with van der Waals surface area (Å²) in [5.74, 6) is 0. The Kier molecular flexibility index (Phi) is 5.96. The van der Waals surface area contributed by atoms with Gasteiger partial charge in [0.05, 0.1) is 13.2 Å². The van der Waals surface area contributed by atoms with Crippen LogP contribution in [0.1, 0.15) is 11.1 Å². The number of hydrogen-bond donors (Lipinski definition) is 0. The second-order valence-electron chi connectivity index (χ2n) is 2.68. The Labute approximate surface area is 93.7 Å². The monoisotopic (exact) mass is 234 g/mol. The number of benzene rings is 1. The van der Waals surface area contributed by atoms with Crippen LogP contribution in [0.4, 0.5) is 0 Å². The number of alkyl halides is 2. The van der Waals surface area contributed by atoms with Gasteiger partial charge < -0.3 is 9.47 Å². The zero-order chi connectivity index (χ0) is 10.2. The molecule has 0 aromatic heterocycles. The minimum absolute atomic E-state index is 0.199. The van der Waals surface area contributed by atoms with Crippen molar-refractivity contribution >= 4 is 23.2 Å². The van der Waals surface area contributed by atoms with Gasteiger partial charge in [-0.1, -0.05) is 47.5 Å². The minimum atomic E-state index is 0.199. The van der Waals surface area contributed by atoms with Gasteiger partial charge in [0.15, 0.2) is 0 Å². The Morgan fingerprint density at radius 1 is 0.857 bits per heavy atom. The number of hydrogen-bond acceptors (Lipinski definition) is 2. The Morgan fingerprint density at radius 3 is 1.64 bits per heavy atom. The summed E-state index contributed by atoms with van der Waals surface area (Å²) in [6.07, 6.45) is 0. The maximum atomic E-state index is 5.43. The molecule has 0 N–H and O–H groups in total. The predicted octanol–water partition coefficient (Wildman–Crippen LogP) is 3.11. The second kappa shape index (κ2) is 7.07. The van der Waals surface area contributed by atoms with Crippen molar-refractivity contribution in [3.05, 3.63) is 35.4 Å². The van der Waals surface area contributed by atoms with Crippen LogP contribution in [0.2, 0.25) is 0 Å². The second-order valence-corrected chi connectivity index (χ2v) is 3.12. The molecule has 1 aromatic rings. The van der Waals surface area contributed by atoms with E-state index in [0.29, 0.717) is 13.2 Å². The van der Waals surface area contributed by atoms with Gasteiger partial charge in [0.25, 0.3) is 0 Å². The lowest BCUT2D eigenvalue weighted by molar-refractivity contribution is 0.149. The molecular formula is C10H12Cl2O2. The highest BCUT2D eigenvalue weighted by Crippen LogP contribution is 2.11. The molecule has 0 aliphatic carbocycles. The first-order valence-electron chi connectivity index (χ1n) is 4.22. The minimum Gasteiger partial charge on any atom is -0.361 e. The summed E-state index contributed by atoms with van der Waals surface area (Å²) in [6, 6.07) is 8.28. The van der Waals surface area contributed by atoms with Crippen molar-refractivity contribution in [2.75, 3.05) is 12.1 Å². The number of rotatable bonds is 6. The Bertz CT molecular complexity index is 239. The molecule has 0 heterocycles. The molecule has 0 radical (unpaired) electrons. The maximum Gasteiger partial charge on any atom is 0.121 e. The van der Waals surface area contributed by atoms with Crippen LogP contribution >= 0.6 is 23.2 Å². The third-order valence-corrected chi connectivity index (χ3v) is 2.10. The molecule has 2 nitrogen and oxygen atoms in total. The first-order chi connectivity index (χ1) is 6.88. The van der Waals surface area contributed by atoms with Crippen molar-refractivity contribution in [3.8, 4) is 0 Å². The van der Waals surface area contributed by atoms with Crippen LogP contribution in [0.5, 0.6) is 0 Å². The van der Waals surface area contributed by atoms with E-state index in [1.54, 1.807) is 0 Å². The fourth-order valence-corrected chi connectivity index (χ4v) is 1.29. The van der Waals surface area contributed by atoms with Crippen LogP contribution in [0.15, 0.2) is 24.3 Å². The summed E-state index contributed by atoms with van der Waals surface area (Å²) < 4.78 is 10.2. The highest BCUT2D eigenvalue weighted by molar-refractivity contribution is 6.17. The molecule has 0 aliphatic rings. The quantitative estimate of drug-likeness (QED) is 0.705. The SMILES string of the molecule is ClCOCc1ccccc1COCCl. The first-order valence-corrected chi connectivity index (χ1v) is 5.29. The largest absolute Gasteiger partial charge is 0.361 e. The van der Waals surface area contributed by atoms with E-state index in [9.17, 15) is 0 Å². The Balaban J connectivity index is 2.60. The van der Waals surface area contributed by atoms with E-state index >= 15 is 0 Å². The Hall–Kier alpha value is -0.280. The lowest BCUT2D eigenvalue weighted by Gasteiger charge is -2.08. The first kappa shape index (κ1) is 11.8. The smallest absolute Gasteiger partial charge is 0.121 e. The highest BCUT2D eigenvalue weighted by Gasteiger charge is 2.01. The van der Waals surface area contributed by atoms with Gasteiger partial charge in [-0.05, 0) is 11.1 Å². The summed E-state index contributed by atoms with van der Waals surface area (Å²) in [6.45, 7) is 1.01. The van der Waals surface area contributed by atoms with Crippen LogP contribution in [0.25, 0.3) is 0 Å². The topological polar surface area (TPSA) is 18.5 Å². The molecule has 4 heteroatoms. The molecule has 1 aromatic carbocycles. The van der Waals surface area contributed by atoms with Crippen LogP contribution in [-0.2, 0) is 22.7 Å². The van der Waals surface area contributed by atoms with E-state index in [4.69, 9.17) is 32.7 Å². The van der Waals surface area contributed by atoms with E-state index in [0.717, 1.165) is 11.1 Å².